The predicted octanol–water partition coefficient (Wildman–Crippen LogP) is 12.3. The van der Waals surface area contributed by atoms with Gasteiger partial charge in [-0.1, -0.05) is 184 Å². The molecule has 0 amide bonds. The van der Waals surface area contributed by atoms with Gasteiger partial charge in [-0.25, -0.2) is 0 Å². The highest BCUT2D eigenvalue weighted by Gasteiger charge is 2.44. The van der Waals surface area contributed by atoms with Crippen LogP contribution in [-0.4, -0.2) is 89.6 Å². The van der Waals surface area contributed by atoms with Gasteiger partial charge in [0, 0.05) is 13.0 Å². The van der Waals surface area contributed by atoms with Crippen molar-refractivity contribution in [2.75, 3.05) is 26.4 Å². The van der Waals surface area contributed by atoms with E-state index in [0.717, 1.165) is 70.6 Å². The molecule has 62 heavy (non-hydrogen) atoms. The minimum absolute atomic E-state index is 0.117. The van der Waals surface area contributed by atoms with Crippen molar-refractivity contribution in [2.24, 2.45) is 0 Å². The minimum Gasteiger partial charge on any atom is -0.457 e. The fraction of sp³-hybridized carbons (Fsp3) is 0.792. The van der Waals surface area contributed by atoms with E-state index < -0.39 is 43.4 Å². The maximum Gasteiger partial charge on any atom is 0.306 e. The molecular weight excluding hydrogens is 781 g/mol. The molecule has 6 unspecified atom stereocenters. The summed E-state index contributed by atoms with van der Waals surface area (Å²) in [6.45, 7) is 4.43. The number of ether oxygens (including phenoxy) is 4. The summed E-state index contributed by atoms with van der Waals surface area (Å²) in [6, 6.07) is 0. The quantitative estimate of drug-likeness (QED) is 0.0268. The first-order valence-corrected chi connectivity index (χ1v) is 25.4. The number of esters is 1. The summed E-state index contributed by atoms with van der Waals surface area (Å²) >= 11 is 0. The third-order valence-electron chi connectivity index (χ3n) is 11.4. The number of allylic oxidation sites excluding steroid dienone is 10. The zero-order valence-corrected chi connectivity index (χ0v) is 39.6. The first-order chi connectivity index (χ1) is 30.4. The number of unbranched alkanes of at least 4 members (excludes halogenated alkanes) is 22. The molecule has 1 aliphatic rings. The van der Waals surface area contributed by atoms with Crippen molar-refractivity contribution in [3.8, 4) is 0 Å². The van der Waals surface area contributed by atoms with Gasteiger partial charge in [0.1, 0.15) is 30.5 Å². The van der Waals surface area contributed by atoms with Crippen LogP contribution in [0.15, 0.2) is 60.8 Å². The van der Waals surface area contributed by atoms with E-state index in [1.165, 1.54) is 116 Å². The van der Waals surface area contributed by atoms with Crippen LogP contribution in [0.4, 0.5) is 0 Å². The van der Waals surface area contributed by atoms with Gasteiger partial charge < -0.3 is 39.4 Å². The summed E-state index contributed by atoms with van der Waals surface area (Å²) in [5, 5.41) is 40.2. The molecule has 0 aromatic carbocycles. The summed E-state index contributed by atoms with van der Waals surface area (Å²) in [4.78, 5) is 12.8. The number of hydrogen-bond donors (Lipinski definition) is 4. The third-order valence-corrected chi connectivity index (χ3v) is 11.4. The maximum absolute atomic E-state index is 12.8. The van der Waals surface area contributed by atoms with Gasteiger partial charge in [0.05, 0.1) is 19.8 Å². The van der Waals surface area contributed by atoms with E-state index in [1.807, 2.05) is 0 Å². The number of rotatable bonds is 43. The second kappa shape index (κ2) is 44.1. The van der Waals surface area contributed by atoms with Crippen LogP contribution >= 0.6 is 0 Å². The molecule has 0 spiro atoms. The van der Waals surface area contributed by atoms with Crippen molar-refractivity contribution in [2.45, 2.75) is 243 Å². The highest BCUT2D eigenvalue weighted by Crippen LogP contribution is 2.23. The lowest BCUT2D eigenvalue weighted by atomic mass is 9.99. The number of carbonyl (C=O) groups is 1. The Morgan fingerprint density at radius 1 is 0.532 bits per heavy atom. The van der Waals surface area contributed by atoms with Gasteiger partial charge in [0.2, 0.25) is 0 Å². The van der Waals surface area contributed by atoms with E-state index in [4.69, 9.17) is 18.9 Å². The molecule has 1 rings (SSSR count). The van der Waals surface area contributed by atoms with Crippen molar-refractivity contribution in [1.82, 2.24) is 0 Å². The molecule has 0 aromatic rings. The van der Waals surface area contributed by atoms with Crippen molar-refractivity contribution in [3.05, 3.63) is 60.8 Å². The normalized spacial score (nSPS) is 20.3. The lowest BCUT2D eigenvalue weighted by molar-refractivity contribution is -0.305. The van der Waals surface area contributed by atoms with E-state index in [-0.39, 0.29) is 19.2 Å². The Morgan fingerprint density at radius 3 is 1.50 bits per heavy atom. The first-order valence-electron chi connectivity index (χ1n) is 25.4. The highest BCUT2D eigenvalue weighted by atomic mass is 16.7. The number of aliphatic hydroxyl groups is 4. The Labute approximate surface area is 379 Å². The molecule has 0 aromatic heterocycles. The van der Waals surface area contributed by atoms with Crippen molar-refractivity contribution < 1.29 is 44.2 Å². The van der Waals surface area contributed by atoms with Crippen LogP contribution < -0.4 is 0 Å². The number of carbonyl (C=O) groups excluding carboxylic acids is 1. The van der Waals surface area contributed by atoms with Gasteiger partial charge in [-0.3, -0.25) is 4.79 Å². The summed E-state index contributed by atoms with van der Waals surface area (Å²) in [6.07, 6.45) is 49.7. The fourth-order valence-electron chi connectivity index (χ4n) is 7.48. The Kier molecular flexibility index (Phi) is 41.2. The molecule has 0 radical (unpaired) electrons. The van der Waals surface area contributed by atoms with Crippen molar-refractivity contribution in [3.63, 3.8) is 0 Å². The lowest BCUT2D eigenvalue weighted by Crippen LogP contribution is -2.59. The summed E-state index contributed by atoms with van der Waals surface area (Å²) in [5.74, 6) is -0.319. The van der Waals surface area contributed by atoms with Gasteiger partial charge in [0.15, 0.2) is 6.29 Å². The Morgan fingerprint density at radius 2 is 0.984 bits per heavy atom. The maximum atomic E-state index is 12.8. The second-order valence-corrected chi connectivity index (χ2v) is 17.2. The van der Waals surface area contributed by atoms with Crippen LogP contribution in [-0.2, 0) is 23.7 Å². The highest BCUT2D eigenvalue weighted by molar-refractivity contribution is 5.69. The molecule has 360 valence electrons. The van der Waals surface area contributed by atoms with Crippen LogP contribution in [0.5, 0.6) is 0 Å². The zero-order chi connectivity index (χ0) is 45.0. The van der Waals surface area contributed by atoms with E-state index in [0.29, 0.717) is 13.0 Å². The van der Waals surface area contributed by atoms with Crippen molar-refractivity contribution >= 4 is 5.97 Å². The predicted molar refractivity (Wildman–Crippen MR) is 256 cm³/mol. The van der Waals surface area contributed by atoms with Crippen LogP contribution in [0, 0.1) is 0 Å². The second-order valence-electron chi connectivity index (χ2n) is 17.2. The molecular formula is C53H94O9. The smallest absolute Gasteiger partial charge is 0.306 e. The average Bonchev–Trinajstić information content (AvgIpc) is 3.27. The van der Waals surface area contributed by atoms with E-state index >= 15 is 0 Å². The van der Waals surface area contributed by atoms with E-state index in [1.54, 1.807) is 0 Å². The molecule has 0 aliphatic carbocycles. The van der Waals surface area contributed by atoms with Crippen molar-refractivity contribution in [1.29, 1.82) is 0 Å². The largest absolute Gasteiger partial charge is 0.457 e. The van der Waals surface area contributed by atoms with Gasteiger partial charge >= 0.3 is 5.97 Å². The fourth-order valence-corrected chi connectivity index (χ4v) is 7.48. The minimum atomic E-state index is -1.54. The molecule has 1 fully saturated rings. The Hall–Kier alpha value is -2.11. The summed E-state index contributed by atoms with van der Waals surface area (Å²) in [7, 11) is 0. The SMILES string of the molecule is CC/C=C\C/C=C\C/C=C\C/C=C\CCCCCCCCCCCCCCC(=O)OC(COCCCCCCCC/C=C\CCCCCC)COC1OC(CO)C(O)C(O)C1O. The Balaban J connectivity index is 2.18. The zero-order valence-electron chi connectivity index (χ0n) is 39.6. The molecule has 1 saturated heterocycles. The molecule has 1 heterocycles. The third kappa shape index (κ3) is 34.3. The van der Waals surface area contributed by atoms with Crippen LogP contribution in [0.25, 0.3) is 0 Å². The van der Waals surface area contributed by atoms with Crippen LogP contribution in [0.2, 0.25) is 0 Å². The number of aliphatic hydroxyl groups excluding tert-OH is 4. The first kappa shape index (κ1) is 57.9. The standard InChI is InChI=1S/C53H94O9/c1-3-5-7-9-11-13-15-17-19-20-21-22-23-24-25-26-27-28-29-30-32-34-36-38-40-42-49(55)61-47(46-60-53-52(58)51(57)50(56)48(44-54)62-53)45-59-43-41-39-37-35-33-31-18-16-14-12-10-8-6-4-2/h5,7,11,13-14,16-17,19,21-22,47-48,50-54,56-58H,3-4,6,8-10,12,15,18,20,23-46H2,1-2H3/b7-5-,13-11-,16-14-,19-17-,22-21-. The van der Waals surface area contributed by atoms with Gasteiger partial charge in [-0.15, -0.1) is 0 Å². The van der Waals surface area contributed by atoms with Crippen LogP contribution in [0.1, 0.15) is 206 Å². The van der Waals surface area contributed by atoms with E-state index in [2.05, 4.69) is 74.6 Å². The molecule has 9 heteroatoms. The van der Waals surface area contributed by atoms with E-state index in [9.17, 15) is 25.2 Å². The molecule has 6 atom stereocenters. The topological polar surface area (TPSA) is 135 Å². The van der Waals surface area contributed by atoms with Crippen LogP contribution in [0.3, 0.4) is 0 Å². The summed E-state index contributed by atoms with van der Waals surface area (Å²) < 4.78 is 22.9. The molecule has 4 N–H and O–H groups in total. The molecule has 0 bridgehead atoms. The monoisotopic (exact) mass is 875 g/mol. The lowest BCUT2D eigenvalue weighted by Gasteiger charge is -2.39. The summed E-state index contributed by atoms with van der Waals surface area (Å²) in [5.41, 5.74) is 0. The Bertz CT molecular complexity index is 1130. The van der Waals surface area contributed by atoms with Gasteiger partial charge in [-0.2, -0.15) is 0 Å². The molecule has 1 aliphatic heterocycles. The van der Waals surface area contributed by atoms with Gasteiger partial charge in [0.25, 0.3) is 0 Å². The average molecular weight is 875 g/mol. The molecule has 9 nitrogen and oxygen atoms in total. The number of hydrogen-bond acceptors (Lipinski definition) is 9. The molecule has 0 saturated carbocycles. The van der Waals surface area contributed by atoms with Gasteiger partial charge in [-0.05, 0) is 77.0 Å².